The number of thioether (sulfide) groups is 1. The molecule has 0 heterocycles. The van der Waals surface area contributed by atoms with Crippen LogP contribution >= 0.6 is 11.8 Å². The third-order valence-corrected chi connectivity index (χ3v) is 4.70. The highest BCUT2D eigenvalue weighted by atomic mass is 32.2. The van der Waals surface area contributed by atoms with Crippen LogP contribution in [-0.2, 0) is 0 Å². The molecule has 112 valence electrons. The normalized spacial score (nSPS) is 13.9. The number of nitrogens with one attached hydrogen (secondary N) is 1. The van der Waals surface area contributed by atoms with Gasteiger partial charge in [0.2, 0.25) is 0 Å². The van der Waals surface area contributed by atoms with Crippen molar-refractivity contribution in [1.82, 2.24) is 5.32 Å². The van der Waals surface area contributed by atoms with Gasteiger partial charge in [-0.1, -0.05) is 48.9 Å². The van der Waals surface area contributed by atoms with Crippen LogP contribution in [0.15, 0.2) is 53.4 Å². The zero-order valence-electron chi connectivity index (χ0n) is 13.4. The minimum Gasteiger partial charge on any atom is -0.303 e. The molecule has 2 unspecified atom stereocenters. The van der Waals surface area contributed by atoms with Gasteiger partial charge in [0, 0.05) is 17.0 Å². The van der Waals surface area contributed by atoms with Crippen molar-refractivity contribution in [3.8, 4) is 0 Å². The van der Waals surface area contributed by atoms with Crippen LogP contribution in [0.2, 0.25) is 0 Å². The van der Waals surface area contributed by atoms with Gasteiger partial charge in [-0.05, 0) is 49.8 Å². The summed E-state index contributed by atoms with van der Waals surface area (Å²) in [5, 5.41) is 3.75. The third-order valence-electron chi connectivity index (χ3n) is 3.95. The SMILES string of the molecule is CCC(NC(C)c1ccc(SC)cc1)c1ccc(C)cc1. The molecule has 2 atom stereocenters. The average Bonchev–Trinajstić information content (AvgIpc) is 2.53. The fourth-order valence-corrected chi connectivity index (χ4v) is 2.95. The zero-order chi connectivity index (χ0) is 15.2. The molecule has 0 bridgehead atoms. The molecule has 0 amide bonds. The van der Waals surface area contributed by atoms with Crippen LogP contribution in [0.3, 0.4) is 0 Å². The Morgan fingerprint density at radius 2 is 1.52 bits per heavy atom. The molecule has 0 saturated carbocycles. The topological polar surface area (TPSA) is 12.0 Å². The predicted molar refractivity (Wildman–Crippen MR) is 94.0 cm³/mol. The summed E-state index contributed by atoms with van der Waals surface area (Å²) in [5.74, 6) is 0. The molecule has 2 aromatic carbocycles. The van der Waals surface area contributed by atoms with Crippen LogP contribution in [0.1, 0.15) is 49.0 Å². The summed E-state index contributed by atoms with van der Waals surface area (Å²) in [6.45, 7) is 6.61. The van der Waals surface area contributed by atoms with E-state index in [0.29, 0.717) is 12.1 Å². The summed E-state index contributed by atoms with van der Waals surface area (Å²) < 4.78 is 0. The summed E-state index contributed by atoms with van der Waals surface area (Å²) in [6.07, 6.45) is 3.21. The second kappa shape index (κ2) is 7.67. The molecule has 2 heteroatoms. The lowest BCUT2D eigenvalue weighted by Crippen LogP contribution is -2.24. The first kappa shape index (κ1) is 16.1. The van der Waals surface area contributed by atoms with Crippen LogP contribution in [-0.4, -0.2) is 6.26 Å². The van der Waals surface area contributed by atoms with Gasteiger partial charge in [0.05, 0.1) is 0 Å². The lowest BCUT2D eigenvalue weighted by Gasteiger charge is -2.23. The van der Waals surface area contributed by atoms with Crippen molar-refractivity contribution >= 4 is 11.8 Å². The van der Waals surface area contributed by atoms with Crippen LogP contribution < -0.4 is 5.32 Å². The monoisotopic (exact) mass is 299 g/mol. The Bertz CT molecular complexity index is 545. The number of aryl methyl sites for hydroxylation is 1. The van der Waals surface area contributed by atoms with E-state index in [1.54, 1.807) is 11.8 Å². The maximum atomic E-state index is 3.75. The van der Waals surface area contributed by atoms with E-state index < -0.39 is 0 Å². The summed E-state index contributed by atoms with van der Waals surface area (Å²) in [6, 6.07) is 18.5. The van der Waals surface area contributed by atoms with Crippen LogP contribution in [0, 0.1) is 6.92 Å². The molecule has 21 heavy (non-hydrogen) atoms. The van der Waals surface area contributed by atoms with Gasteiger partial charge in [0.25, 0.3) is 0 Å². The molecule has 1 nitrogen and oxygen atoms in total. The van der Waals surface area contributed by atoms with E-state index in [1.165, 1.54) is 21.6 Å². The van der Waals surface area contributed by atoms with Gasteiger partial charge < -0.3 is 5.32 Å². The van der Waals surface area contributed by atoms with Gasteiger partial charge >= 0.3 is 0 Å². The highest BCUT2D eigenvalue weighted by Gasteiger charge is 2.13. The molecular weight excluding hydrogens is 274 g/mol. The van der Waals surface area contributed by atoms with Gasteiger partial charge in [0.15, 0.2) is 0 Å². The highest BCUT2D eigenvalue weighted by molar-refractivity contribution is 7.98. The Morgan fingerprint density at radius 3 is 2.05 bits per heavy atom. The molecule has 2 aromatic rings. The quantitative estimate of drug-likeness (QED) is 0.705. The molecule has 0 aliphatic carbocycles. The molecule has 2 rings (SSSR count). The standard InChI is InChI=1S/C19H25NS/c1-5-19(17-8-6-14(2)7-9-17)20-15(3)16-10-12-18(21-4)13-11-16/h6-13,15,19-20H,5H2,1-4H3. The van der Waals surface area contributed by atoms with Crippen molar-refractivity contribution in [1.29, 1.82) is 0 Å². The molecule has 0 aliphatic heterocycles. The van der Waals surface area contributed by atoms with E-state index in [-0.39, 0.29) is 0 Å². The summed E-state index contributed by atoms with van der Waals surface area (Å²) in [7, 11) is 0. The fourth-order valence-electron chi connectivity index (χ4n) is 2.54. The van der Waals surface area contributed by atoms with E-state index in [0.717, 1.165) is 6.42 Å². The first-order chi connectivity index (χ1) is 10.1. The highest BCUT2D eigenvalue weighted by Crippen LogP contribution is 2.24. The molecule has 0 fully saturated rings. The Labute approximate surface area is 133 Å². The smallest absolute Gasteiger partial charge is 0.0323 e. The lowest BCUT2D eigenvalue weighted by molar-refractivity contribution is 0.456. The van der Waals surface area contributed by atoms with E-state index in [2.05, 4.69) is 80.9 Å². The van der Waals surface area contributed by atoms with Gasteiger partial charge in [-0.25, -0.2) is 0 Å². The van der Waals surface area contributed by atoms with Gasteiger partial charge in [-0.3, -0.25) is 0 Å². The number of benzene rings is 2. The number of rotatable bonds is 6. The molecule has 0 aromatic heterocycles. The van der Waals surface area contributed by atoms with E-state index >= 15 is 0 Å². The number of hydrogen-bond donors (Lipinski definition) is 1. The Morgan fingerprint density at radius 1 is 0.952 bits per heavy atom. The Balaban J connectivity index is 2.08. The van der Waals surface area contributed by atoms with Crippen molar-refractivity contribution in [2.24, 2.45) is 0 Å². The van der Waals surface area contributed by atoms with E-state index in [1.807, 2.05) is 0 Å². The molecule has 0 saturated heterocycles. The maximum absolute atomic E-state index is 3.75. The van der Waals surface area contributed by atoms with Crippen LogP contribution in [0.4, 0.5) is 0 Å². The van der Waals surface area contributed by atoms with E-state index in [4.69, 9.17) is 0 Å². The lowest BCUT2D eigenvalue weighted by atomic mass is 10.0. The van der Waals surface area contributed by atoms with Crippen molar-refractivity contribution < 1.29 is 0 Å². The largest absolute Gasteiger partial charge is 0.303 e. The minimum atomic E-state index is 0.354. The second-order valence-corrected chi connectivity index (χ2v) is 6.41. The molecule has 1 N–H and O–H groups in total. The van der Waals surface area contributed by atoms with Gasteiger partial charge in [-0.15, -0.1) is 11.8 Å². The Kier molecular flexibility index (Phi) is 5.89. The molecule has 0 aliphatic rings. The maximum Gasteiger partial charge on any atom is 0.0323 e. The van der Waals surface area contributed by atoms with Crippen molar-refractivity contribution in [2.75, 3.05) is 6.26 Å². The van der Waals surface area contributed by atoms with Gasteiger partial charge in [-0.2, -0.15) is 0 Å². The fraction of sp³-hybridized carbons (Fsp3) is 0.368. The molecule has 0 radical (unpaired) electrons. The summed E-state index contributed by atoms with van der Waals surface area (Å²) in [5.41, 5.74) is 4.03. The van der Waals surface area contributed by atoms with E-state index in [9.17, 15) is 0 Å². The minimum absolute atomic E-state index is 0.354. The summed E-state index contributed by atoms with van der Waals surface area (Å²) in [4.78, 5) is 1.32. The first-order valence-corrected chi connectivity index (χ1v) is 8.83. The van der Waals surface area contributed by atoms with Crippen LogP contribution in [0.5, 0.6) is 0 Å². The van der Waals surface area contributed by atoms with Gasteiger partial charge in [0.1, 0.15) is 0 Å². The van der Waals surface area contributed by atoms with Crippen molar-refractivity contribution in [3.05, 3.63) is 65.2 Å². The molecular formula is C19H25NS. The average molecular weight is 299 g/mol. The third kappa shape index (κ3) is 4.36. The van der Waals surface area contributed by atoms with Crippen molar-refractivity contribution in [3.63, 3.8) is 0 Å². The first-order valence-electron chi connectivity index (χ1n) is 7.60. The summed E-state index contributed by atoms with van der Waals surface area (Å²) >= 11 is 1.79. The number of hydrogen-bond acceptors (Lipinski definition) is 2. The second-order valence-electron chi connectivity index (χ2n) is 5.53. The predicted octanol–water partition coefficient (Wildman–Crippen LogP) is 5.52. The molecule has 0 spiro atoms. The van der Waals surface area contributed by atoms with Crippen molar-refractivity contribution in [2.45, 2.75) is 44.2 Å². The van der Waals surface area contributed by atoms with Crippen LogP contribution in [0.25, 0.3) is 0 Å². The Hall–Kier alpha value is -1.25. The zero-order valence-corrected chi connectivity index (χ0v) is 14.2.